The van der Waals surface area contributed by atoms with Gasteiger partial charge in [-0.3, -0.25) is 0 Å². The summed E-state index contributed by atoms with van der Waals surface area (Å²) in [5.74, 6) is -1.06. The van der Waals surface area contributed by atoms with Crippen LogP contribution in [0.5, 0.6) is 0 Å². The van der Waals surface area contributed by atoms with Gasteiger partial charge in [-0.2, -0.15) is 0 Å². The average Bonchev–Trinajstić information content (AvgIpc) is 2.03. The summed E-state index contributed by atoms with van der Waals surface area (Å²) in [4.78, 5) is 10.7. The van der Waals surface area contributed by atoms with Crippen LogP contribution in [-0.4, -0.2) is 34.9 Å². The predicted molar refractivity (Wildman–Crippen MR) is 46.4 cm³/mol. The van der Waals surface area contributed by atoms with Crippen molar-refractivity contribution in [2.24, 2.45) is 5.41 Å². The molecule has 1 saturated heterocycles. The average molecular weight is 185 g/mol. The molecule has 0 atom stereocenters. The van der Waals surface area contributed by atoms with E-state index in [-0.39, 0.29) is 5.41 Å². The van der Waals surface area contributed by atoms with Gasteiger partial charge >= 0.3 is 5.97 Å². The molecule has 1 heterocycles. The number of piperidine rings is 1. The van der Waals surface area contributed by atoms with Crippen molar-refractivity contribution < 1.29 is 15.0 Å². The first-order chi connectivity index (χ1) is 6.06. The topological polar surface area (TPSA) is 69.6 Å². The number of rotatable bonds is 1. The van der Waals surface area contributed by atoms with Crippen molar-refractivity contribution in [3.63, 3.8) is 0 Å². The van der Waals surface area contributed by atoms with Crippen molar-refractivity contribution in [3.8, 4) is 0 Å². The fourth-order valence-corrected chi connectivity index (χ4v) is 2.65. The number of nitrogens with one attached hydrogen (secondary N) is 1. The lowest BCUT2D eigenvalue weighted by molar-refractivity contribution is -0.190. The summed E-state index contributed by atoms with van der Waals surface area (Å²) in [6, 6.07) is 0. The highest BCUT2D eigenvalue weighted by Gasteiger charge is 2.57. The Bertz CT molecular complexity index is 225. The van der Waals surface area contributed by atoms with Gasteiger partial charge in [0.2, 0.25) is 0 Å². The Kier molecular flexibility index (Phi) is 1.85. The lowest BCUT2D eigenvalue weighted by atomic mass is 9.55. The van der Waals surface area contributed by atoms with Crippen LogP contribution >= 0.6 is 0 Å². The van der Waals surface area contributed by atoms with Crippen LogP contribution in [0, 0.1) is 5.41 Å². The Balaban J connectivity index is 1.98. The second-order valence-electron chi connectivity index (χ2n) is 4.44. The van der Waals surface area contributed by atoms with Gasteiger partial charge in [0, 0.05) is 0 Å². The molecule has 3 N–H and O–H groups in total. The smallest absolute Gasteiger partial charge is 0.335 e. The predicted octanol–water partition coefficient (Wildman–Crippen LogP) is -0.0343. The molecular weight excluding hydrogens is 170 g/mol. The van der Waals surface area contributed by atoms with Crippen molar-refractivity contribution in [1.82, 2.24) is 5.32 Å². The molecule has 0 bridgehead atoms. The van der Waals surface area contributed by atoms with Gasteiger partial charge in [-0.05, 0) is 44.2 Å². The van der Waals surface area contributed by atoms with Crippen LogP contribution in [0.1, 0.15) is 25.7 Å². The summed E-state index contributed by atoms with van der Waals surface area (Å²) in [5, 5.41) is 21.6. The molecule has 0 radical (unpaired) electrons. The minimum Gasteiger partial charge on any atom is -0.479 e. The highest BCUT2D eigenvalue weighted by molar-refractivity contribution is 5.78. The molecule has 0 aromatic heterocycles. The van der Waals surface area contributed by atoms with E-state index in [0.717, 1.165) is 25.9 Å². The van der Waals surface area contributed by atoms with Crippen LogP contribution in [0.2, 0.25) is 0 Å². The third-order valence-electron chi connectivity index (χ3n) is 3.40. The molecule has 13 heavy (non-hydrogen) atoms. The number of aliphatic hydroxyl groups is 1. The van der Waals surface area contributed by atoms with Gasteiger partial charge in [0.1, 0.15) is 0 Å². The van der Waals surface area contributed by atoms with Crippen LogP contribution < -0.4 is 5.32 Å². The van der Waals surface area contributed by atoms with Gasteiger partial charge in [0.05, 0.1) is 0 Å². The maximum absolute atomic E-state index is 10.7. The summed E-state index contributed by atoms with van der Waals surface area (Å²) < 4.78 is 0. The highest BCUT2D eigenvalue weighted by Crippen LogP contribution is 2.53. The summed E-state index contributed by atoms with van der Waals surface area (Å²) in [6.45, 7) is 1.91. The molecule has 2 fully saturated rings. The van der Waals surface area contributed by atoms with Gasteiger partial charge in [-0.1, -0.05) is 0 Å². The highest BCUT2D eigenvalue weighted by atomic mass is 16.4. The molecular formula is C9H15NO3. The molecule has 74 valence electrons. The maximum atomic E-state index is 10.7. The monoisotopic (exact) mass is 185 g/mol. The third-order valence-corrected chi connectivity index (χ3v) is 3.40. The Hall–Kier alpha value is -0.610. The molecule has 0 aromatic carbocycles. The molecule has 0 amide bonds. The Morgan fingerprint density at radius 2 is 1.77 bits per heavy atom. The molecule has 1 saturated carbocycles. The van der Waals surface area contributed by atoms with E-state index in [1.807, 2.05) is 0 Å². The molecule has 0 aromatic rings. The van der Waals surface area contributed by atoms with Crippen molar-refractivity contribution in [1.29, 1.82) is 0 Å². The number of carboxylic acid groups (broad SMARTS) is 1. The second kappa shape index (κ2) is 2.69. The van der Waals surface area contributed by atoms with Gasteiger partial charge < -0.3 is 15.5 Å². The first-order valence-electron chi connectivity index (χ1n) is 4.73. The maximum Gasteiger partial charge on any atom is 0.335 e. The lowest BCUT2D eigenvalue weighted by Crippen LogP contribution is -2.59. The van der Waals surface area contributed by atoms with E-state index in [9.17, 15) is 9.90 Å². The van der Waals surface area contributed by atoms with Gasteiger partial charge in [-0.15, -0.1) is 0 Å². The van der Waals surface area contributed by atoms with Crippen LogP contribution in [0.3, 0.4) is 0 Å². The van der Waals surface area contributed by atoms with Crippen molar-refractivity contribution in [3.05, 3.63) is 0 Å². The van der Waals surface area contributed by atoms with Gasteiger partial charge in [0.25, 0.3) is 0 Å². The molecule has 4 nitrogen and oxygen atoms in total. The largest absolute Gasteiger partial charge is 0.479 e. The third kappa shape index (κ3) is 1.34. The van der Waals surface area contributed by atoms with Crippen LogP contribution in [-0.2, 0) is 4.79 Å². The quantitative estimate of drug-likeness (QED) is 0.536. The minimum atomic E-state index is -1.42. The molecule has 1 aliphatic heterocycles. The first-order valence-corrected chi connectivity index (χ1v) is 4.73. The Morgan fingerprint density at radius 1 is 1.23 bits per heavy atom. The number of hydrogen-bond donors (Lipinski definition) is 3. The second-order valence-corrected chi connectivity index (χ2v) is 4.44. The zero-order valence-corrected chi connectivity index (χ0v) is 7.55. The molecule has 2 rings (SSSR count). The Morgan fingerprint density at radius 3 is 2.23 bits per heavy atom. The van der Waals surface area contributed by atoms with Crippen molar-refractivity contribution >= 4 is 5.97 Å². The van der Waals surface area contributed by atoms with Crippen molar-refractivity contribution in [2.45, 2.75) is 31.3 Å². The standard InChI is InChI=1S/C9H15NO3/c11-7(12)9(13)5-8(6-9)1-3-10-4-2-8/h10,13H,1-6H2,(H,11,12). The molecule has 0 unspecified atom stereocenters. The van der Waals surface area contributed by atoms with Crippen LogP contribution in [0.15, 0.2) is 0 Å². The summed E-state index contributed by atoms with van der Waals surface area (Å²) >= 11 is 0. The number of carbonyl (C=O) groups is 1. The first kappa shape index (κ1) is 8.97. The number of hydrogen-bond acceptors (Lipinski definition) is 3. The summed E-state index contributed by atoms with van der Waals surface area (Å²) in [5.41, 5.74) is -1.30. The molecule has 1 aliphatic carbocycles. The van der Waals surface area contributed by atoms with E-state index >= 15 is 0 Å². The SMILES string of the molecule is O=C(O)C1(O)CC2(CCNCC2)C1. The molecule has 4 heteroatoms. The van der Waals surface area contributed by atoms with E-state index in [4.69, 9.17) is 5.11 Å². The fraction of sp³-hybridized carbons (Fsp3) is 0.889. The summed E-state index contributed by atoms with van der Waals surface area (Å²) in [6.07, 6.45) is 2.89. The van der Waals surface area contributed by atoms with Crippen molar-refractivity contribution in [2.75, 3.05) is 13.1 Å². The number of carboxylic acids is 1. The van der Waals surface area contributed by atoms with E-state index < -0.39 is 11.6 Å². The fourth-order valence-electron chi connectivity index (χ4n) is 2.65. The summed E-state index contributed by atoms with van der Waals surface area (Å²) in [7, 11) is 0. The normalized spacial score (nSPS) is 29.6. The molecule has 1 spiro atoms. The van der Waals surface area contributed by atoms with Gasteiger partial charge in [0.15, 0.2) is 5.60 Å². The molecule has 2 aliphatic rings. The van der Waals surface area contributed by atoms with E-state index in [2.05, 4.69) is 5.32 Å². The van der Waals surface area contributed by atoms with Crippen LogP contribution in [0.25, 0.3) is 0 Å². The Labute approximate surface area is 76.9 Å². The van der Waals surface area contributed by atoms with E-state index in [0.29, 0.717) is 12.8 Å². The van der Waals surface area contributed by atoms with E-state index in [1.165, 1.54) is 0 Å². The zero-order valence-electron chi connectivity index (χ0n) is 7.55. The van der Waals surface area contributed by atoms with E-state index in [1.54, 1.807) is 0 Å². The van der Waals surface area contributed by atoms with Crippen LogP contribution in [0.4, 0.5) is 0 Å². The number of aliphatic carboxylic acids is 1. The lowest BCUT2D eigenvalue weighted by Gasteiger charge is -2.53. The van der Waals surface area contributed by atoms with Gasteiger partial charge in [-0.25, -0.2) is 4.79 Å². The zero-order chi connectivity index (χ0) is 9.53. The minimum absolute atomic E-state index is 0.123.